The minimum Gasteiger partial charge on any atom is -0.457 e. The van der Waals surface area contributed by atoms with E-state index >= 15 is 0 Å². The molecule has 0 radical (unpaired) electrons. The lowest BCUT2D eigenvalue weighted by molar-refractivity contribution is -0.114. The third kappa shape index (κ3) is 5.28. The fourth-order valence-electron chi connectivity index (χ4n) is 1.39. The lowest BCUT2D eigenvalue weighted by Gasteiger charge is -2.07. The molecular weight excluding hydrogens is 276 g/mol. The van der Waals surface area contributed by atoms with Gasteiger partial charge in [0.15, 0.2) is 0 Å². The van der Waals surface area contributed by atoms with Gasteiger partial charge in [0.1, 0.15) is 16.7 Å². The quantitative estimate of drug-likeness (QED) is 0.847. The summed E-state index contributed by atoms with van der Waals surface area (Å²) in [6, 6.07) is 10.4. The molecule has 0 saturated heterocycles. The molecule has 0 aliphatic rings. The van der Waals surface area contributed by atoms with Gasteiger partial charge in [0.05, 0.1) is 0 Å². The number of rotatable bonds is 3. The predicted molar refractivity (Wildman–Crippen MR) is 81.4 cm³/mol. The highest BCUT2D eigenvalue weighted by molar-refractivity contribution is 6.29. The van der Waals surface area contributed by atoms with Crippen molar-refractivity contribution in [1.29, 1.82) is 0 Å². The van der Waals surface area contributed by atoms with Crippen molar-refractivity contribution in [3.8, 4) is 11.5 Å². The summed E-state index contributed by atoms with van der Waals surface area (Å²) in [6.45, 7) is 5.46. The molecule has 0 unspecified atom stereocenters. The molecule has 1 heterocycles. The first-order valence-corrected chi connectivity index (χ1v) is 6.68. The number of pyridine rings is 1. The second kappa shape index (κ2) is 8.17. The van der Waals surface area contributed by atoms with Crippen LogP contribution in [0.2, 0.25) is 5.15 Å². The number of benzene rings is 1. The summed E-state index contributed by atoms with van der Waals surface area (Å²) in [6.07, 6.45) is 1.57. The molecule has 0 saturated carbocycles. The maximum Gasteiger partial charge on any atom is 0.221 e. The van der Waals surface area contributed by atoms with Crippen LogP contribution in [0.4, 0.5) is 5.69 Å². The number of anilines is 1. The van der Waals surface area contributed by atoms with Crippen molar-refractivity contribution in [1.82, 2.24) is 4.98 Å². The van der Waals surface area contributed by atoms with Crippen molar-refractivity contribution in [2.45, 2.75) is 20.8 Å². The molecule has 1 amide bonds. The average Bonchev–Trinajstić information content (AvgIpc) is 2.43. The largest absolute Gasteiger partial charge is 0.457 e. The Bertz CT molecular complexity index is 556. The summed E-state index contributed by atoms with van der Waals surface area (Å²) in [4.78, 5) is 14.7. The van der Waals surface area contributed by atoms with Gasteiger partial charge in [0.2, 0.25) is 5.91 Å². The van der Waals surface area contributed by atoms with E-state index in [0.29, 0.717) is 16.7 Å². The summed E-state index contributed by atoms with van der Waals surface area (Å²) in [5, 5.41) is 3.06. The van der Waals surface area contributed by atoms with E-state index in [9.17, 15) is 4.79 Å². The molecule has 1 aromatic heterocycles. The van der Waals surface area contributed by atoms with Gasteiger partial charge in [-0.2, -0.15) is 0 Å². The van der Waals surface area contributed by atoms with Crippen LogP contribution in [0.3, 0.4) is 0 Å². The molecule has 2 rings (SSSR count). The van der Waals surface area contributed by atoms with Crippen LogP contribution in [0.1, 0.15) is 20.8 Å². The normalized spacial score (nSPS) is 9.20. The van der Waals surface area contributed by atoms with Crippen molar-refractivity contribution in [2.24, 2.45) is 0 Å². The fourth-order valence-corrected chi connectivity index (χ4v) is 1.56. The highest BCUT2D eigenvalue weighted by atomic mass is 35.5. The van der Waals surface area contributed by atoms with Crippen molar-refractivity contribution < 1.29 is 9.53 Å². The van der Waals surface area contributed by atoms with Crippen LogP contribution in [0.15, 0.2) is 42.6 Å². The van der Waals surface area contributed by atoms with E-state index in [2.05, 4.69) is 10.3 Å². The number of hydrogen-bond donors (Lipinski definition) is 1. The molecule has 1 aromatic carbocycles. The molecule has 0 aliphatic heterocycles. The Morgan fingerprint density at radius 1 is 1.15 bits per heavy atom. The van der Waals surface area contributed by atoms with E-state index in [1.54, 1.807) is 42.6 Å². The SMILES string of the molecule is CC.CC(=O)Nc1ccc(Oc2ccnc(Cl)c2)cc1. The molecule has 0 atom stereocenters. The Morgan fingerprint density at radius 3 is 2.35 bits per heavy atom. The monoisotopic (exact) mass is 292 g/mol. The van der Waals surface area contributed by atoms with E-state index in [0.717, 1.165) is 5.69 Å². The summed E-state index contributed by atoms with van der Waals surface area (Å²) < 4.78 is 5.58. The van der Waals surface area contributed by atoms with Crippen LogP contribution < -0.4 is 10.1 Å². The molecule has 2 aromatic rings. The minimum atomic E-state index is -0.107. The summed E-state index contributed by atoms with van der Waals surface area (Å²) in [5.74, 6) is 1.17. The zero-order valence-electron chi connectivity index (χ0n) is 11.7. The molecule has 1 N–H and O–H groups in total. The summed E-state index contributed by atoms with van der Waals surface area (Å²) in [7, 11) is 0. The van der Waals surface area contributed by atoms with Gasteiger partial charge >= 0.3 is 0 Å². The van der Waals surface area contributed by atoms with Gasteiger partial charge in [-0.1, -0.05) is 25.4 Å². The smallest absolute Gasteiger partial charge is 0.221 e. The second-order valence-corrected chi connectivity index (χ2v) is 4.01. The molecule has 0 bridgehead atoms. The number of ether oxygens (including phenoxy) is 1. The lowest BCUT2D eigenvalue weighted by Crippen LogP contribution is -2.05. The zero-order valence-corrected chi connectivity index (χ0v) is 12.4. The van der Waals surface area contributed by atoms with Crippen molar-refractivity contribution in [3.05, 3.63) is 47.7 Å². The number of halogens is 1. The summed E-state index contributed by atoms with van der Waals surface area (Å²) in [5.41, 5.74) is 0.725. The van der Waals surface area contributed by atoms with Gasteiger partial charge in [-0.15, -0.1) is 0 Å². The topological polar surface area (TPSA) is 51.2 Å². The number of aromatic nitrogens is 1. The highest BCUT2D eigenvalue weighted by Gasteiger charge is 2.00. The average molecular weight is 293 g/mol. The molecule has 4 nitrogen and oxygen atoms in total. The highest BCUT2D eigenvalue weighted by Crippen LogP contribution is 2.24. The van der Waals surface area contributed by atoms with E-state index in [4.69, 9.17) is 16.3 Å². The molecule has 20 heavy (non-hydrogen) atoms. The number of nitrogens with one attached hydrogen (secondary N) is 1. The molecule has 5 heteroatoms. The maximum absolute atomic E-state index is 10.9. The third-order valence-electron chi connectivity index (χ3n) is 2.11. The van der Waals surface area contributed by atoms with Crippen LogP contribution >= 0.6 is 11.6 Å². The van der Waals surface area contributed by atoms with Crippen LogP contribution in [0.25, 0.3) is 0 Å². The first kappa shape index (κ1) is 16.0. The van der Waals surface area contributed by atoms with Gasteiger partial charge in [0.25, 0.3) is 0 Å². The van der Waals surface area contributed by atoms with E-state index in [1.165, 1.54) is 6.92 Å². The van der Waals surface area contributed by atoms with Gasteiger partial charge in [-0.05, 0) is 30.3 Å². The van der Waals surface area contributed by atoms with E-state index in [1.807, 2.05) is 13.8 Å². The van der Waals surface area contributed by atoms with Gasteiger partial charge < -0.3 is 10.1 Å². The van der Waals surface area contributed by atoms with Crippen LogP contribution in [-0.4, -0.2) is 10.9 Å². The van der Waals surface area contributed by atoms with Crippen LogP contribution in [0, 0.1) is 0 Å². The molecular formula is C15H17ClN2O2. The van der Waals surface area contributed by atoms with Crippen molar-refractivity contribution in [3.63, 3.8) is 0 Å². The lowest BCUT2D eigenvalue weighted by atomic mass is 10.3. The fraction of sp³-hybridized carbons (Fsp3) is 0.200. The predicted octanol–water partition coefficient (Wildman–Crippen LogP) is 4.51. The number of hydrogen-bond acceptors (Lipinski definition) is 3. The molecule has 106 valence electrons. The first-order valence-electron chi connectivity index (χ1n) is 6.30. The minimum absolute atomic E-state index is 0.107. The van der Waals surface area contributed by atoms with Gasteiger partial charge in [0, 0.05) is 24.9 Å². The van der Waals surface area contributed by atoms with E-state index < -0.39 is 0 Å². The van der Waals surface area contributed by atoms with Gasteiger partial charge in [-0.25, -0.2) is 4.98 Å². The standard InChI is InChI=1S/C13H11ClN2O2.C2H6/c1-9(17)16-10-2-4-11(5-3-10)18-12-6-7-15-13(14)8-12;1-2/h2-8H,1H3,(H,16,17);1-2H3. The zero-order chi connectivity index (χ0) is 15.0. The van der Waals surface area contributed by atoms with E-state index in [-0.39, 0.29) is 5.91 Å². The Morgan fingerprint density at radius 2 is 1.80 bits per heavy atom. The Labute approximate surface area is 123 Å². The number of carbonyl (C=O) groups is 1. The van der Waals surface area contributed by atoms with Crippen molar-refractivity contribution >= 4 is 23.2 Å². The van der Waals surface area contributed by atoms with Crippen molar-refractivity contribution in [2.75, 3.05) is 5.32 Å². The number of nitrogens with zero attached hydrogens (tertiary/aromatic N) is 1. The molecule has 0 aliphatic carbocycles. The number of carbonyl (C=O) groups excluding carboxylic acids is 1. The summed E-state index contributed by atoms with van der Waals surface area (Å²) >= 11 is 5.75. The third-order valence-corrected chi connectivity index (χ3v) is 2.32. The Hall–Kier alpha value is -2.07. The van der Waals surface area contributed by atoms with Gasteiger partial charge in [-0.3, -0.25) is 4.79 Å². The van der Waals surface area contributed by atoms with Crippen LogP contribution in [-0.2, 0) is 4.79 Å². The van der Waals surface area contributed by atoms with Crippen LogP contribution in [0.5, 0.6) is 11.5 Å². The molecule has 0 spiro atoms. The second-order valence-electron chi connectivity index (χ2n) is 3.62. The first-order chi connectivity index (χ1) is 9.63. The number of amides is 1. The Balaban J connectivity index is 0.000000956. The molecule has 0 fully saturated rings. The Kier molecular flexibility index (Phi) is 6.53. The maximum atomic E-state index is 10.9.